The number of anilines is 3. The van der Waals surface area contributed by atoms with Crippen LogP contribution >= 0.6 is 0 Å². The van der Waals surface area contributed by atoms with Crippen molar-refractivity contribution in [3.8, 4) is 0 Å². The summed E-state index contributed by atoms with van der Waals surface area (Å²) in [4.78, 5) is 40.3. The van der Waals surface area contributed by atoms with Crippen LogP contribution in [0.4, 0.5) is 17.1 Å². The van der Waals surface area contributed by atoms with E-state index in [2.05, 4.69) is 20.9 Å². The summed E-state index contributed by atoms with van der Waals surface area (Å²) < 4.78 is 0. The van der Waals surface area contributed by atoms with Crippen LogP contribution in [0.2, 0.25) is 0 Å². The fraction of sp³-hybridized carbons (Fsp3) is 0.0909. The van der Waals surface area contributed by atoms with Gasteiger partial charge in [-0.2, -0.15) is 0 Å². The van der Waals surface area contributed by atoms with Gasteiger partial charge in [-0.25, -0.2) is 0 Å². The number of aryl methyl sites for hydroxylation is 1. The maximum Gasteiger partial charge on any atom is 0.274 e. The number of para-hydroxylation sites is 1. The number of rotatable bonds is 5. The topological polar surface area (TPSA) is 100 Å². The number of hydrogen-bond donors (Lipinski definition) is 3. The summed E-state index contributed by atoms with van der Waals surface area (Å²) in [5, 5.41) is 8.20. The van der Waals surface area contributed by atoms with Crippen molar-refractivity contribution in [1.29, 1.82) is 0 Å². The van der Waals surface area contributed by atoms with Crippen LogP contribution in [-0.4, -0.2) is 22.7 Å². The summed E-state index contributed by atoms with van der Waals surface area (Å²) in [6.45, 7) is 3.30. The number of pyridine rings is 1. The van der Waals surface area contributed by atoms with E-state index in [1.165, 1.54) is 25.3 Å². The van der Waals surface area contributed by atoms with E-state index in [1.807, 2.05) is 25.1 Å². The molecule has 1 aromatic heterocycles. The Balaban J connectivity index is 1.73. The van der Waals surface area contributed by atoms with Gasteiger partial charge in [0.05, 0.1) is 0 Å². The predicted octanol–water partition coefficient (Wildman–Crippen LogP) is 3.85. The zero-order valence-corrected chi connectivity index (χ0v) is 16.0. The Kier molecular flexibility index (Phi) is 5.99. The summed E-state index contributed by atoms with van der Waals surface area (Å²) in [6.07, 6.45) is 1.41. The molecular formula is C22H20N4O3. The molecule has 0 unspecified atom stereocenters. The van der Waals surface area contributed by atoms with Gasteiger partial charge >= 0.3 is 0 Å². The quantitative estimate of drug-likeness (QED) is 0.618. The van der Waals surface area contributed by atoms with Crippen molar-refractivity contribution in [2.75, 3.05) is 16.0 Å². The molecule has 0 saturated heterocycles. The molecule has 0 spiro atoms. The zero-order chi connectivity index (χ0) is 20.8. The smallest absolute Gasteiger partial charge is 0.274 e. The van der Waals surface area contributed by atoms with Gasteiger partial charge in [-0.3, -0.25) is 19.4 Å². The van der Waals surface area contributed by atoms with Crippen LogP contribution in [-0.2, 0) is 4.79 Å². The van der Waals surface area contributed by atoms with E-state index >= 15 is 0 Å². The van der Waals surface area contributed by atoms with Crippen molar-refractivity contribution >= 4 is 34.8 Å². The Morgan fingerprint density at radius 3 is 2.24 bits per heavy atom. The molecule has 3 aromatic rings. The molecule has 0 atom stereocenters. The van der Waals surface area contributed by atoms with Crippen LogP contribution in [0, 0.1) is 6.92 Å². The number of amides is 3. The highest BCUT2D eigenvalue weighted by Crippen LogP contribution is 2.17. The monoisotopic (exact) mass is 388 g/mol. The SMILES string of the molecule is CC(=O)Nc1cccc(NC(=O)c2ccnc(C(=O)Nc3ccccc3C)c2)c1. The lowest BCUT2D eigenvalue weighted by molar-refractivity contribution is -0.114. The first kappa shape index (κ1) is 19.8. The number of carbonyl (C=O) groups excluding carboxylic acids is 3. The number of aromatic nitrogens is 1. The van der Waals surface area contributed by atoms with Crippen molar-refractivity contribution in [2.45, 2.75) is 13.8 Å². The molecule has 3 N–H and O–H groups in total. The summed E-state index contributed by atoms with van der Waals surface area (Å²) >= 11 is 0. The average Bonchev–Trinajstić information content (AvgIpc) is 2.69. The second kappa shape index (κ2) is 8.79. The number of nitrogens with one attached hydrogen (secondary N) is 3. The Labute approximate surface area is 168 Å². The van der Waals surface area contributed by atoms with E-state index in [-0.39, 0.29) is 11.6 Å². The van der Waals surface area contributed by atoms with Gasteiger partial charge < -0.3 is 16.0 Å². The zero-order valence-electron chi connectivity index (χ0n) is 16.0. The number of hydrogen-bond acceptors (Lipinski definition) is 4. The van der Waals surface area contributed by atoms with Crippen molar-refractivity contribution in [1.82, 2.24) is 4.98 Å². The molecule has 29 heavy (non-hydrogen) atoms. The van der Waals surface area contributed by atoms with Gasteiger partial charge in [0.1, 0.15) is 5.69 Å². The Bertz CT molecular complexity index is 1080. The van der Waals surface area contributed by atoms with Crippen LogP contribution in [0.15, 0.2) is 66.9 Å². The minimum absolute atomic E-state index is 0.132. The lowest BCUT2D eigenvalue weighted by Crippen LogP contribution is -2.17. The first-order valence-corrected chi connectivity index (χ1v) is 8.94. The second-order valence-electron chi connectivity index (χ2n) is 6.41. The molecule has 2 aromatic carbocycles. The predicted molar refractivity (Wildman–Crippen MR) is 112 cm³/mol. The fourth-order valence-corrected chi connectivity index (χ4v) is 2.68. The molecule has 3 rings (SSSR count). The van der Waals surface area contributed by atoms with E-state index in [0.717, 1.165) is 5.56 Å². The molecule has 3 amide bonds. The molecule has 0 saturated carbocycles. The first-order valence-electron chi connectivity index (χ1n) is 8.94. The molecule has 146 valence electrons. The summed E-state index contributed by atoms with van der Waals surface area (Å²) in [7, 11) is 0. The first-order chi connectivity index (χ1) is 13.9. The summed E-state index contributed by atoms with van der Waals surface area (Å²) in [6, 6.07) is 17.1. The number of benzene rings is 2. The highest BCUT2D eigenvalue weighted by molar-refractivity contribution is 6.08. The fourth-order valence-electron chi connectivity index (χ4n) is 2.68. The van der Waals surface area contributed by atoms with E-state index < -0.39 is 11.8 Å². The van der Waals surface area contributed by atoms with Crippen LogP contribution in [0.1, 0.15) is 33.3 Å². The highest BCUT2D eigenvalue weighted by atomic mass is 16.2. The molecule has 7 nitrogen and oxygen atoms in total. The van der Waals surface area contributed by atoms with Crippen molar-refractivity contribution in [3.63, 3.8) is 0 Å². The van der Waals surface area contributed by atoms with Crippen molar-refractivity contribution in [2.24, 2.45) is 0 Å². The van der Waals surface area contributed by atoms with E-state index in [0.29, 0.717) is 22.6 Å². The molecule has 0 aliphatic rings. The molecular weight excluding hydrogens is 368 g/mol. The van der Waals surface area contributed by atoms with Gasteiger partial charge in [0.2, 0.25) is 5.91 Å². The second-order valence-corrected chi connectivity index (χ2v) is 6.41. The van der Waals surface area contributed by atoms with Gasteiger partial charge in [-0.05, 0) is 48.9 Å². The van der Waals surface area contributed by atoms with Crippen LogP contribution < -0.4 is 16.0 Å². The van der Waals surface area contributed by atoms with E-state index in [4.69, 9.17) is 0 Å². The van der Waals surface area contributed by atoms with Crippen molar-refractivity contribution < 1.29 is 14.4 Å². The summed E-state index contributed by atoms with van der Waals surface area (Å²) in [5.74, 6) is -0.995. The lowest BCUT2D eigenvalue weighted by atomic mass is 10.1. The molecule has 0 aliphatic heterocycles. The van der Waals surface area contributed by atoms with Gasteiger partial charge in [-0.15, -0.1) is 0 Å². The maximum absolute atomic E-state index is 12.6. The molecule has 0 bridgehead atoms. The third-order valence-corrected chi connectivity index (χ3v) is 4.09. The molecule has 7 heteroatoms. The van der Waals surface area contributed by atoms with Gasteiger partial charge in [0.15, 0.2) is 0 Å². The maximum atomic E-state index is 12.6. The molecule has 1 heterocycles. The number of carbonyl (C=O) groups is 3. The third-order valence-electron chi connectivity index (χ3n) is 4.09. The Hall–Kier alpha value is -4.00. The molecule has 0 fully saturated rings. The normalized spacial score (nSPS) is 10.1. The molecule has 0 aliphatic carbocycles. The standard InChI is InChI=1S/C22H20N4O3/c1-14-6-3-4-9-19(14)26-22(29)20-12-16(10-11-23-20)21(28)25-18-8-5-7-17(13-18)24-15(2)27/h3-13H,1-2H3,(H,24,27)(H,25,28)(H,26,29). The minimum Gasteiger partial charge on any atom is -0.326 e. The average molecular weight is 388 g/mol. The van der Waals surface area contributed by atoms with E-state index in [9.17, 15) is 14.4 Å². The largest absolute Gasteiger partial charge is 0.326 e. The van der Waals surface area contributed by atoms with Crippen LogP contribution in [0.25, 0.3) is 0 Å². The number of nitrogens with zero attached hydrogens (tertiary/aromatic N) is 1. The Morgan fingerprint density at radius 1 is 0.793 bits per heavy atom. The van der Waals surface area contributed by atoms with Crippen LogP contribution in [0.3, 0.4) is 0 Å². The van der Waals surface area contributed by atoms with Gasteiger partial charge in [-0.1, -0.05) is 24.3 Å². The Morgan fingerprint density at radius 2 is 1.52 bits per heavy atom. The minimum atomic E-state index is -0.401. The summed E-state index contributed by atoms with van der Waals surface area (Å²) in [5.41, 5.74) is 3.12. The highest BCUT2D eigenvalue weighted by Gasteiger charge is 2.13. The van der Waals surface area contributed by atoms with Crippen LogP contribution in [0.5, 0.6) is 0 Å². The van der Waals surface area contributed by atoms with Crippen molar-refractivity contribution in [3.05, 3.63) is 83.7 Å². The third kappa shape index (κ3) is 5.26. The molecule has 0 radical (unpaired) electrons. The van der Waals surface area contributed by atoms with Gasteiger partial charge in [0, 0.05) is 35.7 Å². The van der Waals surface area contributed by atoms with Gasteiger partial charge in [0.25, 0.3) is 11.8 Å². The lowest BCUT2D eigenvalue weighted by Gasteiger charge is -2.10. The van der Waals surface area contributed by atoms with E-state index in [1.54, 1.807) is 30.3 Å².